The fourth-order valence-corrected chi connectivity index (χ4v) is 3.29. The Balaban J connectivity index is 1.81. The van der Waals surface area contributed by atoms with Gasteiger partial charge in [0.05, 0.1) is 12.8 Å². The van der Waals surface area contributed by atoms with Crippen LogP contribution >= 0.6 is 11.6 Å². The molecule has 0 aliphatic rings. The molecule has 4 rings (SSSR count). The molecule has 0 radical (unpaired) electrons. The highest BCUT2D eigenvalue weighted by Crippen LogP contribution is 2.29. The Morgan fingerprint density at radius 1 is 1.11 bits per heavy atom. The molecular weight excluding hydrogens is 360 g/mol. The van der Waals surface area contributed by atoms with Gasteiger partial charge in [0.1, 0.15) is 11.4 Å². The van der Waals surface area contributed by atoms with Crippen molar-refractivity contribution in [3.05, 3.63) is 72.2 Å². The van der Waals surface area contributed by atoms with Gasteiger partial charge in [-0.25, -0.2) is 4.98 Å². The van der Waals surface area contributed by atoms with E-state index in [0.29, 0.717) is 12.4 Å². The number of benzene rings is 2. The van der Waals surface area contributed by atoms with Crippen LogP contribution in [0, 0.1) is 0 Å². The van der Waals surface area contributed by atoms with Gasteiger partial charge in [0, 0.05) is 47.7 Å². The van der Waals surface area contributed by atoms with E-state index in [-0.39, 0.29) is 0 Å². The maximum absolute atomic E-state index is 5.88. The zero-order valence-corrected chi connectivity index (χ0v) is 15.6. The zero-order valence-electron chi connectivity index (χ0n) is 14.9. The molecule has 0 atom stereocenters. The molecule has 0 aliphatic carbocycles. The first kappa shape index (κ1) is 17.5. The van der Waals surface area contributed by atoms with E-state index in [4.69, 9.17) is 27.1 Å². The van der Waals surface area contributed by atoms with Gasteiger partial charge in [-0.2, -0.15) is 0 Å². The molecule has 0 unspecified atom stereocenters. The van der Waals surface area contributed by atoms with Gasteiger partial charge in [-0.15, -0.1) is 11.6 Å². The van der Waals surface area contributed by atoms with E-state index in [1.807, 2.05) is 59.3 Å². The standard InChI is InChI=1S/C21H19ClN4O/c1-27-19-7-6-16(10-17(19)12-23)20-21-25-18(13-26(21)9-8-24-20)15-4-2-14(11-22)3-5-15/h2-10,13H,11-12,23H2,1H3. The SMILES string of the molecule is COc1ccc(-c2nccn3cc(-c4ccc(CCl)cc4)nc23)cc1CN. The minimum absolute atomic E-state index is 0.396. The van der Waals surface area contributed by atoms with Gasteiger partial charge in [-0.05, 0) is 23.8 Å². The van der Waals surface area contributed by atoms with E-state index < -0.39 is 0 Å². The van der Waals surface area contributed by atoms with Crippen molar-refractivity contribution in [1.29, 1.82) is 0 Å². The van der Waals surface area contributed by atoms with Crippen molar-refractivity contribution in [2.24, 2.45) is 5.73 Å². The molecule has 0 aliphatic heterocycles. The number of nitrogens with two attached hydrogens (primary N) is 1. The quantitative estimate of drug-likeness (QED) is 0.527. The molecule has 136 valence electrons. The lowest BCUT2D eigenvalue weighted by atomic mass is 10.1. The number of halogens is 1. The van der Waals surface area contributed by atoms with Crippen molar-refractivity contribution < 1.29 is 4.74 Å². The molecule has 0 bridgehead atoms. The molecule has 5 nitrogen and oxygen atoms in total. The largest absolute Gasteiger partial charge is 0.496 e. The highest BCUT2D eigenvalue weighted by atomic mass is 35.5. The molecule has 0 amide bonds. The van der Waals surface area contributed by atoms with Crippen LogP contribution in [0.5, 0.6) is 5.75 Å². The number of fused-ring (bicyclic) bond motifs is 1. The summed E-state index contributed by atoms with van der Waals surface area (Å²) in [7, 11) is 1.64. The van der Waals surface area contributed by atoms with Gasteiger partial charge in [0.2, 0.25) is 0 Å². The summed E-state index contributed by atoms with van der Waals surface area (Å²) in [5.41, 5.74) is 12.4. The lowest BCUT2D eigenvalue weighted by Gasteiger charge is -2.09. The lowest BCUT2D eigenvalue weighted by Crippen LogP contribution is -2.00. The minimum atomic E-state index is 0.396. The second-order valence-electron chi connectivity index (χ2n) is 6.19. The number of hydrogen-bond donors (Lipinski definition) is 1. The Morgan fingerprint density at radius 3 is 2.59 bits per heavy atom. The smallest absolute Gasteiger partial charge is 0.164 e. The Labute approximate surface area is 162 Å². The van der Waals surface area contributed by atoms with Crippen molar-refractivity contribution in [2.45, 2.75) is 12.4 Å². The second kappa shape index (κ2) is 7.39. The van der Waals surface area contributed by atoms with Gasteiger partial charge in [-0.3, -0.25) is 4.98 Å². The van der Waals surface area contributed by atoms with Crippen LogP contribution in [0.3, 0.4) is 0 Å². The zero-order chi connectivity index (χ0) is 18.8. The molecule has 0 saturated heterocycles. The van der Waals surface area contributed by atoms with Crippen LogP contribution < -0.4 is 10.5 Å². The van der Waals surface area contributed by atoms with Crippen molar-refractivity contribution >= 4 is 17.2 Å². The molecule has 0 fully saturated rings. The lowest BCUT2D eigenvalue weighted by molar-refractivity contribution is 0.410. The van der Waals surface area contributed by atoms with Crippen LogP contribution in [0.2, 0.25) is 0 Å². The third-order valence-corrected chi connectivity index (χ3v) is 4.86. The van der Waals surface area contributed by atoms with E-state index in [0.717, 1.165) is 45.0 Å². The second-order valence-corrected chi connectivity index (χ2v) is 6.46. The first-order valence-electron chi connectivity index (χ1n) is 8.60. The van der Waals surface area contributed by atoms with Crippen molar-refractivity contribution in [2.75, 3.05) is 7.11 Å². The molecule has 4 aromatic rings. The molecule has 2 aromatic heterocycles. The minimum Gasteiger partial charge on any atom is -0.496 e. The molecular formula is C21H19ClN4O. The van der Waals surface area contributed by atoms with Crippen LogP contribution in [0.1, 0.15) is 11.1 Å². The van der Waals surface area contributed by atoms with E-state index in [9.17, 15) is 0 Å². The fraction of sp³-hybridized carbons (Fsp3) is 0.143. The Hall–Kier alpha value is -2.89. The third-order valence-electron chi connectivity index (χ3n) is 4.55. The maximum atomic E-state index is 5.88. The summed E-state index contributed by atoms with van der Waals surface area (Å²) in [4.78, 5) is 9.38. The molecule has 2 aromatic carbocycles. The Kier molecular flexibility index (Phi) is 4.79. The fourth-order valence-electron chi connectivity index (χ4n) is 3.11. The normalized spacial score (nSPS) is 11.1. The predicted octanol–water partition coefficient (Wildman–Crippen LogP) is 4.27. The number of nitrogens with zero attached hydrogens (tertiary/aromatic N) is 3. The maximum Gasteiger partial charge on any atom is 0.164 e. The summed E-state index contributed by atoms with van der Waals surface area (Å²) in [6.45, 7) is 0.396. The number of methoxy groups -OCH3 is 1. The highest BCUT2D eigenvalue weighted by molar-refractivity contribution is 6.17. The van der Waals surface area contributed by atoms with Crippen molar-refractivity contribution in [1.82, 2.24) is 14.4 Å². The average molecular weight is 379 g/mol. The molecule has 2 heterocycles. The first-order valence-corrected chi connectivity index (χ1v) is 9.13. The average Bonchev–Trinajstić information content (AvgIpc) is 3.17. The number of imidazole rings is 1. The van der Waals surface area contributed by atoms with E-state index in [1.165, 1.54) is 0 Å². The van der Waals surface area contributed by atoms with Crippen LogP contribution in [-0.4, -0.2) is 21.5 Å². The number of hydrogen-bond acceptors (Lipinski definition) is 4. The monoisotopic (exact) mass is 378 g/mol. The summed E-state index contributed by atoms with van der Waals surface area (Å²) in [6, 6.07) is 14.0. The molecule has 0 spiro atoms. The van der Waals surface area contributed by atoms with E-state index >= 15 is 0 Å². The predicted molar refractivity (Wildman–Crippen MR) is 108 cm³/mol. The Bertz CT molecular complexity index is 1090. The van der Waals surface area contributed by atoms with E-state index in [2.05, 4.69) is 4.98 Å². The Morgan fingerprint density at radius 2 is 1.89 bits per heavy atom. The molecule has 6 heteroatoms. The van der Waals surface area contributed by atoms with Gasteiger partial charge in [0.15, 0.2) is 5.65 Å². The van der Waals surface area contributed by atoms with Gasteiger partial charge < -0.3 is 14.9 Å². The van der Waals surface area contributed by atoms with Gasteiger partial charge >= 0.3 is 0 Å². The van der Waals surface area contributed by atoms with Crippen LogP contribution in [0.4, 0.5) is 0 Å². The van der Waals surface area contributed by atoms with Crippen LogP contribution in [-0.2, 0) is 12.4 Å². The number of ether oxygens (including phenoxy) is 1. The van der Waals surface area contributed by atoms with Gasteiger partial charge in [-0.1, -0.05) is 24.3 Å². The molecule has 27 heavy (non-hydrogen) atoms. The summed E-state index contributed by atoms with van der Waals surface area (Å²) >= 11 is 5.88. The summed E-state index contributed by atoms with van der Waals surface area (Å²) < 4.78 is 7.35. The van der Waals surface area contributed by atoms with Crippen molar-refractivity contribution in [3.8, 4) is 28.3 Å². The van der Waals surface area contributed by atoms with Gasteiger partial charge in [0.25, 0.3) is 0 Å². The third kappa shape index (κ3) is 3.27. The van der Waals surface area contributed by atoms with Crippen LogP contribution in [0.15, 0.2) is 61.1 Å². The highest BCUT2D eigenvalue weighted by Gasteiger charge is 2.13. The molecule has 0 saturated carbocycles. The first-order chi connectivity index (χ1) is 13.2. The van der Waals surface area contributed by atoms with Crippen LogP contribution in [0.25, 0.3) is 28.2 Å². The summed E-state index contributed by atoms with van der Waals surface area (Å²) in [6.07, 6.45) is 5.68. The number of aromatic nitrogens is 3. The number of alkyl halides is 1. The summed E-state index contributed by atoms with van der Waals surface area (Å²) in [5, 5.41) is 0. The molecule has 2 N–H and O–H groups in total. The van der Waals surface area contributed by atoms with Crippen molar-refractivity contribution in [3.63, 3.8) is 0 Å². The number of rotatable bonds is 5. The van der Waals surface area contributed by atoms with E-state index in [1.54, 1.807) is 13.3 Å². The summed E-state index contributed by atoms with van der Waals surface area (Å²) in [5.74, 6) is 1.28. The topological polar surface area (TPSA) is 65.4 Å².